The van der Waals surface area contributed by atoms with Crippen LogP contribution >= 0.6 is 11.8 Å². The second-order valence-electron chi connectivity index (χ2n) is 5.01. The molecule has 3 aromatic rings. The van der Waals surface area contributed by atoms with Gasteiger partial charge in [0.2, 0.25) is 5.91 Å². The monoisotopic (exact) mass is 336 g/mol. The number of hydrogen-bond acceptors (Lipinski definition) is 4. The fourth-order valence-corrected chi connectivity index (χ4v) is 2.85. The molecular weight excluding hydrogens is 320 g/mol. The quantitative estimate of drug-likeness (QED) is 0.527. The smallest absolute Gasteiger partial charge is 0.248 e. The molecule has 0 radical (unpaired) electrons. The summed E-state index contributed by atoms with van der Waals surface area (Å²) in [5.74, 6) is 1.32. The van der Waals surface area contributed by atoms with Crippen molar-refractivity contribution in [3.63, 3.8) is 0 Å². The number of anilines is 1. The molecule has 1 amide bonds. The Morgan fingerprint density at radius 3 is 2.75 bits per heavy atom. The minimum atomic E-state index is -0.192. The Kier molecular flexibility index (Phi) is 5.48. The Morgan fingerprint density at radius 1 is 1.17 bits per heavy atom. The van der Waals surface area contributed by atoms with Gasteiger partial charge in [-0.25, -0.2) is 0 Å². The second kappa shape index (κ2) is 8.17. The summed E-state index contributed by atoms with van der Waals surface area (Å²) in [5, 5.41) is 2.82. The maximum atomic E-state index is 11.9. The topological polar surface area (TPSA) is 55.1 Å². The Labute approximate surface area is 144 Å². The highest BCUT2D eigenvalue weighted by atomic mass is 32.2. The van der Waals surface area contributed by atoms with Gasteiger partial charge in [-0.05, 0) is 54.1 Å². The van der Waals surface area contributed by atoms with Crippen LogP contribution in [0.4, 0.5) is 5.69 Å². The first-order chi connectivity index (χ1) is 11.8. The van der Waals surface area contributed by atoms with Gasteiger partial charge in [-0.2, -0.15) is 0 Å². The molecule has 120 valence electrons. The van der Waals surface area contributed by atoms with E-state index in [9.17, 15) is 4.79 Å². The Balaban J connectivity index is 1.51. The van der Waals surface area contributed by atoms with Gasteiger partial charge in [0, 0.05) is 34.8 Å². The number of nitrogens with zero attached hydrogens (tertiary/aromatic N) is 1. The third-order valence-corrected chi connectivity index (χ3v) is 4.28. The van der Waals surface area contributed by atoms with Gasteiger partial charge in [-0.15, -0.1) is 11.8 Å². The molecular formula is C19H16N2O2S. The van der Waals surface area contributed by atoms with Crippen LogP contribution in [-0.4, -0.2) is 10.9 Å². The second-order valence-corrected chi connectivity index (χ2v) is 6.06. The van der Waals surface area contributed by atoms with E-state index in [0.29, 0.717) is 5.76 Å². The summed E-state index contributed by atoms with van der Waals surface area (Å²) in [4.78, 5) is 17.1. The summed E-state index contributed by atoms with van der Waals surface area (Å²) in [6.07, 6.45) is 8.29. The Morgan fingerprint density at radius 2 is 2.04 bits per heavy atom. The zero-order valence-corrected chi connectivity index (χ0v) is 13.7. The van der Waals surface area contributed by atoms with Gasteiger partial charge in [0.05, 0.1) is 6.26 Å². The lowest BCUT2D eigenvalue weighted by molar-refractivity contribution is -0.111. The van der Waals surface area contributed by atoms with Crippen LogP contribution in [0.3, 0.4) is 0 Å². The number of rotatable bonds is 6. The molecule has 0 spiro atoms. The van der Waals surface area contributed by atoms with Crippen LogP contribution in [0.15, 0.2) is 82.6 Å². The number of benzene rings is 1. The molecule has 0 unspecified atom stereocenters. The van der Waals surface area contributed by atoms with E-state index < -0.39 is 0 Å². The van der Waals surface area contributed by atoms with Gasteiger partial charge in [-0.3, -0.25) is 9.78 Å². The molecule has 0 saturated heterocycles. The molecule has 5 heteroatoms. The van der Waals surface area contributed by atoms with Crippen LogP contribution in [0, 0.1) is 0 Å². The Bertz CT molecular complexity index is 797. The molecule has 0 aliphatic heterocycles. The molecule has 0 aliphatic rings. The molecule has 1 N–H and O–H groups in total. The molecule has 0 atom stereocenters. The molecule has 0 fully saturated rings. The van der Waals surface area contributed by atoms with E-state index in [-0.39, 0.29) is 5.91 Å². The van der Waals surface area contributed by atoms with Gasteiger partial charge in [0.25, 0.3) is 0 Å². The van der Waals surface area contributed by atoms with Gasteiger partial charge in [-0.1, -0.05) is 6.07 Å². The molecule has 2 heterocycles. The molecule has 3 rings (SSSR count). The van der Waals surface area contributed by atoms with Crippen LogP contribution in [0.5, 0.6) is 0 Å². The van der Waals surface area contributed by atoms with Crippen molar-refractivity contribution >= 4 is 29.4 Å². The number of amides is 1. The van der Waals surface area contributed by atoms with E-state index in [1.165, 1.54) is 11.6 Å². The van der Waals surface area contributed by atoms with Gasteiger partial charge >= 0.3 is 0 Å². The van der Waals surface area contributed by atoms with Crippen molar-refractivity contribution in [1.82, 2.24) is 4.98 Å². The zero-order chi connectivity index (χ0) is 16.6. The van der Waals surface area contributed by atoms with Crippen molar-refractivity contribution in [3.8, 4) is 0 Å². The number of pyridine rings is 1. The normalized spacial score (nSPS) is 10.8. The van der Waals surface area contributed by atoms with Crippen molar-refractivity contribution in [2.45, 2.75) is 10.6 Å². The molecule has 0 saturated carbocycles. The van der Waals surface area contributed by atoms with Gasteiger partial charge in [0.15, 0.2) is 0 Å². The highest BCUT2D eigenvalue weighted by Gasteiger charge is 2.00. The molecule has 1 aromatic carbocycles. The summed E-state index contributed by atoms with van der Waals surface area (Å²) < 4.78 is 5.14. The standard InChI is InChI=1S/C19H16N2O2S/c22-19(10-7-17-4-2-12-23-17)21-16-5-8-18(9-6-16)24-14-15-3-1-11-20-13-15/h1-13H,14H2,(H,21,22). The van der Waals surface area contributed by atoms with Crippen LogP contribution in [0.2, 0.25) is 0 Å². The average molecular weight is 336 g/mol. The molecule has 4 nitrogen and oxygen atoms in total. The van der Waals surface area contributed by atoms with E-state index in [2.05, 4.69) is 16.4 Å². The number of carbonyl (C=O) groups excluding carboxylic acids is 1. The van der Waals surface area contributed by atoms with Crippen LogP contribution in [-0.2, 0) is 10.5 Å². The van der Waals surface area contributed by atoms with Crippen LogP contribution in [0.25, 0.3) is 6.08 Å². The molecule has 2 aromatic heterocycles. The minimum Gasteiger partial charge on any atom is -0.465 e. The minimum absolute atomic E-state index is 0.192. The number of carbonyl (C=O) groups is 1. The molecule has 0 bridgehead atoms. The summed E-state index contributed by atoms with van der Waals surface area (Å²) in [6.45, 7) is 0. The largest absolute Gasteiger partial charge is 0.465 e. The van der Waals surface area contributed by atoms with Crippen LogP contribution < -0.4 is 5.32 Å². The number of nitrogens with one attached hydrogen (secondary N) is 1. The fourth-order valence-electron chi connectivity index (χ4n) is 2.01. The van der Waals surface area contributed by atoms with Gasteiger partial charge in [0.1, 0.15) is 5.76 Å². The first kappa shape index (κ1) is 16.1. The summed E-state index contributed by atoms with van der Waals surface area (Å²) in [6, 6.07) is 15.3. The first-order valence-corrected chi connectivity index (χ1v) is 8.42. The van der Waals surface area contributed by atoms with E-state index in [1.807, 2.05) is 36.5 Å². The highest BCUT2D eigenvalue weighted by molar-refractivity contribution is 7.98. The maximum absolute atomic E-state index is 11.9. The number of thioether (sulfide) groups is 1. The lowest BCUT2D eigenvalue weighted by Gasteiger charge is -2.05. The van der Waals surface area contributed by atoms with Gasteiger partial charge < -0.3 is 9.73 Å². The van der Waals surface area contributed by atoms with E-state index in [4.69, 9.17) is 4.42 Å². The number of aromatic nitrogens is 1. The SMILES string of the molecule is O=C(C=Cc1ccco1)Nc1ccc(SCc2cccnc2)cc1. The molecule has 0 aliphatic carbocycles. The zero-order valence-electron chi connectivity index (χ0n) is 12.9. The van der Waals surface area contributed by atoms with Crippen molar-refractivity contribution in [3.05, 3.63) is 84.6 Å². The third kappa shape index (κ3) is 4.86. The van der Waals surface area contributed by atoms with Crippen molar-refractivity contribution in [2.75, 3.05) is 5.32 Å². The maximum Gasteiger partial charge on any atom is 0.248 e. The third-order valence-electron chi connectivity index (χ3n) is 3.19. The predicted octanol–water partition coefficient (Wildman–Crippen LogP) is 4.62. The van der Waals surface area contributed by atoms with E-state index in [0.717, 1.165) is 16.3 Å². The highest BCUT2D eigenvalue weighted by Crippen LogP contribution is 2.23. The average Bonchev–Trinajstić information content (AvgIpc) is 3.14. The summed E-state index contributed by atoms with van der Waals surface area (Å²) >= 11 is 1.73. The number of furan rings is 1. The fraction of sp³-hybridized carbons (Fsp3) is 0.0526. The summed E-state index contributed by atoms with van der Waals surface area (Å²) in [7, 11) is 0. The lowest BCUT2D eigenvalue weighted by Crippen LogP contribution is -2.07. The van der Waals surface area contributed by atoms with Crippen molar-refractivity contribution in [1.29, 1.82) is 0 Å². The van der Waals surface area contributed by atoms with Crippen LogP contribution in [0.1, 0.15) is 11.3 Å². The summed E-state index contributed by atoms with van der Waals surface area (Å²) in [5.41, 5.74) is 1.94. The first-order valence-electron chi connectivity index (χ1n) is 7.44. The predicted molar refractivity (Wildman–Crippen MR) is 96.6 cm³/mol. The number of hydrogen-bond donors (Lipinski definition) is 1. The Hall–Kier alpha value is -2.79. The van der Waals surface area contributed by atoms with Crippen molar-refractivity contribution in [2.24, 2.45) is 0 Å². The van der Waals surface area contributed by atoms with E-state index in [1.54, 1.807) is 42.4 Å². The van der Waals surface area contributed by atoms with Crippen molar-refractivity contribution < 1.29 is 9.21 Å². The lowest BCUT2D eigenvalue weighted by atomic mass is 10.3. The van der Waals surface area contributed by atoms with E-state index >= 15 is 0 Å². The molecule has 24 heavy (non-hydrogen) atoms.